The van der Waals surface area contributed by atoms with Crippen molar-refractivity contribution in [3.05, 3.63) is 17.8 Å². The van der Waals surface area contributed by atoms with Gasteiger partial charge in [0.05, 0.1) is 18.8 Å². The van der Waals surface area contributed by atoms with Crippen LogP contribution in [0.1, 0.15) is 25.5 Å². The van der Waals surface area contributed by atoms with Crippen molar-refractivity contribution in [2.75, 3.05) is 0 Å². The van der Waals surface area contributed by atoms with Gasteiger partial charge in [-0.2, -0.15) is 5.26 Å². The summed E-state index contributed by atoms with van der Waals surface area (Å²) in [5.41, 5.74) is 0. The fourth-order valence-electron chi connectivity index (χ4n) is 0.968. The van der Waals surface area contributed by atoms with E-state index in [1.807, 2.05) is 13.0 Å². The van der Waals surface area contributed by atoms with Gasteiger partial charge in [0.25, 0.3) is 0 Å². The van der Waals surface area contributed by atoms with E-state index in [0.29, 0.717) is 5.89 Å². The molecule has 5 heteroatoms. The van der Waals surface area contributed by atoms with Crippen LogP contribution in [0.3, 0.4) is 0 Å². The SMILES string of the molecule is CCc1cnc(CNC(=O)C(C)C#N)o1. The van der Waals surface area contributed by atoms with Crippen LogP contribution in [0.25, 0.3) is 0 Å². The van der Waals surface area contributed by atoms with Gasteiger partial charge in [0.15, 0.2) is 0 Å². The summed E-state index contributed by atoms with van der Waals surface area (Å²) in [6.07, 6.45) is 2.41. The summed E-state index contributed by atoms with van der Waals surface area (Å²) in [5.74, 6) is 0.289. The van der Waals surface area contributed by atoms with Gasteiger partial charge in [0, 0.05) is 6.42 Å². The number of nitriles is 1. The normalized spacial score (nSPS) is 11.8. The molecule has 1 aromatic rings. The number of hydrogen-bond acceptors (Lipinski definition) is 4. The Morgan fingerprint density at radius 1 is 1.80 bits per heavy atom. The summed E-state index contributed by atoms with van der Waals surface area (Å²) in [6.45, 7) is 3.73. The van der Waals surface area contributed by atoms with Gasteiger partial charge in [0.2, 0.25) is 11.8 Å². The second-order valence-corrected chi connectivity index (χ2v) is 3.14. The van der Waals surface area contributed by atoms with Gasteiger partial charge in [-0.15, -0.1) is 0 Å². The molecule has 1 N–H and O–H groups in total. The number of rotatable bonds is 4. The summed E-state index contributed by atoms with van der Waals surface area (Å²) in [6, 6.07) is 1.85. The molecule has 0 aromatic carbocycles. The van der Waals surface area contributed by atoms with Crippen LogP contribution in [0.4, 0.5) is 0 Å². The molecule has 80 valence electrons. The molecular formula is C10H13N3O2. The van der Waals surface area contributed by atoms with Crippen LogP contribution in [-0.2, 0) is 17.8 Å². The predicted molar refractivity (Wildman–Crippen MR) is 52.5 cm³/mol. The number of aromatic nitrogens is 1. The molecule has 1 heterocycles. The molecule has 0 aliphatic heterocycles. The Kier molecular flexibility index (Phi) is 3.86. The Labute approximate surface area is 88.1 Å². The third kappa shape index (κ3) is 3.09. The molecule has 1 unspecified atom stereocenters. The molecule has 1 rings (SSSR count). The second kappa shape index (κ2) is 5.15. The van der Waals surface area contributed by atoms with Gasteiger partial charge in [-0.05, 0) is 6.92 Å². The molecule has 0 saturated carbocycles. The lowest BCUT2D eigenvalue weighted by atomic mass is 10.2. The molecule has 0 saturated heterocycles. The van der Waals surface area contributed by atoms with Crippen LogP contribution in [0, 0.1) is 17.2 Å². The van der Waals surface area contributed by atoms with E-state index in [1.165, 1.54) is 0 Å². The molecule has 0 aliphatic carbocycles. The van der Waals surface area contributed by atoms with E-state index in [1.54, 1.807) is 13.1 Å². The zero-order chi connectivity index (χ0) is 11.3. The molecule has 1 amide bonds. The number of aryl methyl sites for hydroxylation is 1. The zero-order valence-corrected chi connectivity index (χ0v) is 8.78. The van der Waals surface area contributed by atoms with E-state index in [9.17, 15) is 4.79 Å². The molecule has 1 atom stereocenters. The molecule has 0 fully saturated rings. The summed E-state index contributed by atoms with van der Waals surface area (Å²) >= 11 is 0. The molecule has 0 radical (unpaired) electrons. The zero-order valence-electron chi connectivity index (χ0n) is 8.78. The van der Waals surface area contributed by atoms with Crippen molar-refractivity contribution in [2.45, 2.75) is 26.8 Å². The second-order valence-electron chi connectivity index (χ2n) is 3.14. The van der Waals surface area contributed by atoms with Crippen LogP contribution < -0.4 is 5.32 Å². The first-order valence-electron chi connectivity index (χ1n) is 4.78. The van der Waals surface area contributed by atoms with Crippen molar-refractivity contribution in [2.24, 2.45) is 5.92 Å². The first-order valence-corrected chi connectivity index (χ1v) is 4.78. The van der Waals surface area contributed by atoms with Crippen molar-refractivity contribution in [3.8, 4) is 6.07 Å². The Bertz CT molecular complexity index is 378. The van der Waals surface area contributed by atoms with E-state index < -0.39 is 5.92 Å². The molecule has 0 aliphatic rings. The Morgan fingerprint density at radius 2 is 2.53 bits per heavy atom. The fraction of sp³-hybridized carbons (Fsp3) is 0.500. The smallest absolute Gasteiger partial charge is 0.237 e. The van der Waals surface area contributed by atoms with Crippen LogP contribution >= 0.6 is 0 Å². The van der Waals surface area contributed by atoms with Crippen molar-refractivity contribution >= 4 is 5.91 Å². The van der Waals surface area contributed by atoms with Crippen molar-refractivity contribution in [1.29, 1.82) is 5.26 Å². The van der Waals surface area contributed by atoms with Crippen molar-refractivity contribution in [3.63, 3.8) is 0 Å². The van der Waals surface area contributed by atoms with E-state index >= 15 is 0 Å². The average Bonchev–Trinajstić information content (AvgIpc) is 2.72. The van der Waals surface area contributed by atoms with E-state index in [-0.39, 0.29) is 12.5 Å². The third-order valence-corrected chi connectivity index (χ3v) is 1.95. The van der Waals surface area contributed by atoms with Crippen molar-refractivity contribution in [1.82, 2.24) is 10.3 Å². The number of hydrogen-bond donors (Lipinski definition) is 1. The van der Waals surface area contributed by atoms with E-state index in [0.717, 1.165) is 12.2 Å². The van der Waals surface area contributed by atoms with Gasteiger partial charge in [-0.3, -0.25) is 4.79 Å². The third-order valence-electron chi connectivity index (χ3n) is 1.95. The minimum Gasteiger partial charge on any atom is -0.444 e. The van der Waals surface area contributed by atoms with Gasteiger partial charge >= 0.3 is 0 Å². The highest BCUT2D eigenvalue weighted by atomic mass is 16.4. The maximum Gasteiger partial charge on any atom is 0.237 e. The van der Waals surface area contributed by atoms with Gasteiger partial charge in [-0.25, -0.2) is 4.98 Å². The predicted octanol–water partition coefficient (Wildman–Crippen LogP) is 1.01. The lowest BCUT2D eigenvalue weighted by molar-refractivity contribution is -0.123. The first kappa shape index (κ1) is 11.2. The molecule has 1 aromatic heterocycles. The number of nitrogens with one attached hydrogen (secondary N) is 1. The molecule has 15 heavy (non-hydrogen) atoms. The molecule has 5 nitrogen and oxygen atoms in total. The summed E-state index contributed by atoms with van der Waals surface area (Å²) in [4.78, 5) is 15.2. The maximum absolute atomic E-state index is 11.2. The van der Waals surface area contributed by atoms with Gasteiger partial charge < -0.3 is 9.73 Å². The maximum atomic E-state index is 11.2. The highest BCUT2D eigenvalue weighted by Gasteiger charge is 2.11. The number of amides is 1. The Morgan fingerprint density at radius 3 is 3.07 bits per heavy atom. The summed E-state index contributed by atoms with van der Waals surface area (Å²) in [5, 5.41) is 11.1. The van der Waals surface area contributed by atoms with Crippen molar-refractivity contribution < 1.29 is 9.21 Å². The van der Waals surface area contributed by atoms with Crippen LogP contribution in [0.15, 0.2) is 10.6 Å². The minimum atomic E-state index is -0.648. The van der Waals surface area contributed by atoms with E-state index in [2.05, 4.69) is 10.3 Å². The van der Waals surface area contributed by atoms with Crippen LogP contribution in [0.2, 0.25) is 0 Å². The lowest BCUT2D eigenvalue weighted by Gasteiger charge is -2.02. The number of oxazole rings is 1. The monoisotopic (exact) mass is 207 g/mol. The number of carbonyl (C=O) groups is 1. The van der Waals surface area contributed by atoms with E-state index in [4.69, 9.17) is 9.68 Å². The average molecular weight is 207 g/mol. The van der Waals surface area contributed by atoms with Gasteiger partial charge in [0.1, 0.15) is 11.7 Å². The summed E-state index contributed by atoms with van der Waals surface area (Å²) in [7, 11) is 0. The molecular weight excluding hydrogens is 194 g/mol. The first-order chi connectivity index (χ1) is 7.17. The quantitative estimate of drug-likeness (QED) is 0.799. The number of carbonyl (C=O) groups excluding carboxylic acids is 1. The molecule has 0 bridgehead atoms. The minimum absolute atomic E-state index is 0.227. The topological polar surface area (TPSA) is 78.9 Å². The van der Waals surface area contributed by atoms with Crippen LogP contribution in [-0.4, -0.2) is 10.9 Å². The molecule has 0 spiro atoms. The Balaban J connectivity index is 2.44. The van der Waals surface area contributed by atoms with Gasteiger partial charge in [-0.1, -0.05) is 6.92 Å². The summed E-state index contributed by atoms with van der Waals surface area (Å²) < 4.78 is 5.29. The Hall–Kier alpha value is -1.83. The highest BCUT2D eigenvalue weighted by molar-refractivity contribution is 5.80. The number of nitrogens with zero attached hydrogens (tertiary/aromatic N) is 2. The standard InChI is InChI=1S/C10H13N3O2/c1-3-8-5-12-9(15-8)6-13-10(14)7(2)4-11/h5,7H,3,6H2,1-2H3,(H,13,14). The highest BCUT2D eigenvalue weighted by Crippen LogP contribution is 2.03. The lowest BCUT2D eigenvalue weighted by Crippen LogP contribution is -2.27. The largest absolute Gasteiger partial charge is 0.444 e. The fourth-order valence-corrected chi connectivity index (χ4v) is 0.968. The van der Waals surface area contributed by atoms with Crippen LogP contribution in [0.5, 0.6) is 0 Å².